The average molecular weight is 195 g/mol. The van der Waals surface area contributed by atoms with Crippen molar-refractivity contribution in [3.05, 3.63) is 35.9 Å². The van der Waals surface area contributed by atoms with Gasteiger partial charge in [0.1, 0.15) is 0 Å². The molecular weight excluding hydrogens is 180 g/mol. The number of hydrogen-bond acceptors (Lipinski definition) is 0. The van der Waals surface area contributed by atoms with Gasteiger partial charge in [-0.05, 0) is 37.2 Å². The molecule has 1 saturated carbocycles. The van der Waals surface area contributed by atoms with Crippen molar-refractivity contribution < 1.29 is 0 Å². The molecule has 0 amide bonds. The summed E-state index contributed by atoms with van der Waals surface area (Å²) in [5, 5.41) is 0.439. The molecule has 1 aromatic rings. The van der Waals surface area contributed by atoms with E-state index in [0.29, 0.717) is 5.38 Å². The van der Waals surface area contributed by atoms with E-state index in [9.17, 15) is 0 Å². The van der Waals surface area contributed by atoms with E-state index >= 15 is 0 Å². The van der Waals surface area contributed by atoms with Gasteiger partial charge in [0.05, 0.1) is 0 Å². The van der Waals surface area contributed by atoms with Crippen molar-refractivity contribution in [3.63, 3.8) is 0 Å². The Balaban J connectivity index is 1.92. The van der Waals surface area contributed by atoms with Crippen LogP contribution < -0.4 is 0 Å². The van der Waals surface area contributed by atoms with Crippen LogP contribution in [0, 0.1) is 5.92 Å². The number of alkyl halides is 1. The van der Waals surface area contributed by atoms with Crippen molar-refractivity contribution in [2.45, 2.75) is 31.1 Å². The second-order valence-corrected chi connectivity index (χ2v) is 4.58. The zero-order chi connectivity index (χ0) is 9.10. The summed E-state index contributed by atoms with van der Waals surface area (Å²) in [7, 11) is 0. The van der Waals surface area contributed by atoms with Gasteiger partial charge < -0.3 is 0 Å². The molecule has 1 aliphatic carbocycles. The van der Waals surface area contributed by atoms with Crippen LogP contribution in [0.3, 0.4) is 0 Å². The number of rotatable bonds is 2. The first-order chi connectivity index (χ1) is 6.34. The van der Waals surface area contributed by atoms with Crippen LogP contribution in [0.15, 0.2) is 30.3 Å². The summed E-state index contributed by atoms with van der Waals surface area (Å²) in [5.74, 6) is 0.824. The van der Waals surface area contributed by atoms with E-state index in [2.05, 4.69) is 30.3 Å². The lowest BCUT2D eigenvalue weighted by atomic mass is 9.98. The molecule has 0 nitrogen and oxygen atoms in total. The first kappa shape index (κ1) is 9.08. The lowest BCUT2D eigenvalue weighted by Gasteiger charge is -2.08. The zero-order valence-corrected chi connectivity index (χ0v) is 8.50. The van der Waals surface area contributed by atoms with Gasteiger partial charge in [-0.1, -0.05) is 30.3 Å². The van der Waals surface area contributed by atoms with Gasteiger partial charge in [0, 0.05) is 5.38 Å². The molecule has 1 aliphatic rings. The number of halogens is 1. The molecule has 2 unspecified atom stereocenters. The fraction of sp³-hybridized carbons (Fsp3) is 0.500. The van der Waals surface area contributed by atoms with Crippen LogP contribution in [-0.2, 0) is 6.42 Å². The average Bonchev–Trinajstić information content (AvgIpc) is 2.53. The van der Waals surface area contributed by atoms with Gasteiger partial charge in [-0.2, -0.15) is 0 Å². The summed E-state index contributed by atoms with van der Waals surface area (Å²) >= 11 is 6.07. The molecule has 1 fully saturated rings. The van der Waals surface area contributed by atoms with Gasteiger partial charge in [-0.15, -0.1) is 11.6 Å². The maximum Gasteiger partial charge on any atom is 0.0338 e. The van der Waals surface area contributed by atoms with Gasteiger partial charge in [-0.25, -0.2) is 0 Å². The molecule has 1 aromatic carbocycles. The summed E-state index contributed by atoms with van der Waals surface area (Å²) in [6, 6.07) is 10.7. The van der Waals surface area contributed by atoms with Crippen molar-refractivity contribution in [2.75, 3.05) is 0 Å². The molecule has 0 radical (unpaired) electrons. The van der Waals surface area contributed by atoms with Gasteiger partial charge >= 0.3 is 0 Å². The minimum absolute atomic E-state index is 0.439. The zero-order valence-electron chi connectivity index (χ0n) is 7.75. The standard InChI is InChI=1S/C12H15Cl/c13-12-7-6-11(9-12)8-10-4-2-1-3-5-10/h1-5,11-12H,6-9H2. The minimum atomic E-state index is 0.439. The van der Waals surface area contributed by atoms with E-state index in [1.54, 1.807) is 0 Å². The number of hydrogen-bond donors (Lipinski definition) is 0. The lowest BCUT2D eigenvalue weighted by Crippen LogP contribution is -1.99. The highest BCUT2D eigenvalue weighted by Gasteiger charge is 2.22. The first-order valence-electron chi connectivity index (χ1n) is 5.02. The van der Waals surface area contributed by atoms with E-state index in [4.69, 9.17) is 11.6 Å². The van der Waals surface area contributed by atoms with Gasteiger partial charge in [0.25, 0.3) is 0 Å². The quantitative estimate of drug-likeness (QED) is 0.631. The summed E-state index contributed by atoms with van der Waals surface area (Å²) in [6.45, 7) is 0. The Kier molecular flexibility index (Phi) is 2.90. The smallest absolute Gasteiger partial charge is 0.0338 e. The van der Waals surface area contributed by atoms with Crippen molar-refractivity contribution in [1.82, 2.24) is 0 Å². The largest absolute Gasteiger partial charge is 0.123 e. The number of benzene rings is 1. The monoisotopic (exact) mass is 194 g/mol. The molecule has 70 valence electrons. The van der Waals surface area contributed by atoms with Crippen LogP contribution in [0.5, 0.6) is 0 Å². The van der Waals surface area contributed by atoms with Crippen LogP contribution in [-0.4, -0.2) is 5.38 Å². The van der Waals surface area contributed by atoms with E-state index in [0.717, 1.165) is 5.92 Å². The SMILES string of the molecule is ClC1CCC(Cc2ccccc2)C1. The maximum atomic E-state index is 6.07. The van der Waals surface area contributed by atoms with Gasteiger partial charge in [-0.3, -0.25) is 0 Å². The third-order valence-corrected chi connectivity index (χ3v) is 3.24. The molecule has 0 saturated heterocycles. The van der Waals surface area contributed by atoms with Gasteiger partial charge in [0.15, 0.2) is 0 Å². The Bertz CT molecular complexity index is 255. The Labute approximate surface area is 84.9 Å². The van der Waals surface area contributed by atoms with Crippen LogP contribution in [0.4, 0.5) is 0 Å². The van der Waals surface area contributed by atoms with Crippen molar-refractivity contribution >= 4 is 11.6 Å². The van der Waals surface area contributed by atoms with Crippen molar-refractivity contribution in [1.29, 1.82) is 0 Å². The van der Waals surface area contributed by atoms with Crippen molar-refractivity contribution in [2.24, 2.45) is 5.92 Å². The Hall–Kier alpha value is -0.490. The summed E-state index contributed by atoms with van der Waals surface area (Å²) in [6.07, 6.45) is 4.93. The molecular formula is C12H15Cl. The fourth-order valence-corrected chi connectivity index (χ4v) is 2.52. The highest BCUT2D eigenvalue weighted by molar-refractivity contribution is 6.20. The Morgan fingerprint density at radius 3 is 2.54 bits per heavy atom. The van der Waals surface area contributed by atoms with E-state index < -0.39 is 0 Å². The molecule has 2 rings (SSSR count). The highest BCUT2D eigenvalue weighted by Crippen LogP contribution is 2.31. The highest BCUT2D eigenvalue weighted by atomic mass is 35.5. The summed E-state index contributed by atoms with van der Waals surface area (Å²) in [5.41, 5.74) is 1.46. The fourth-order valence-electron chi connectivity index (χ4n) is 2.15. The second-order valence-electron chi connectivity index (χ2n) is 3.97. The topological polar surface area (TPSA) is 0 Å². The Morgan fingerprint density at radius 1 is 1.15 bits per heavy atom. The molecule has 0 aliphatic heterocycles. The van der Waals surface area contributed by atoms with Crippen LogP contribution in [0.2, 0.25) is 0 Å². The lowest BCUT2D eigenvalue weighted by molar-refractivity contribution is 0.547. The third kappa shape index (κ3) is 2.47. The molecule has 1 heteroatoms. The van der Waals surface area contributed by atoms with Crippen LogP contribution >= 0.6 is 11.6 Å². The third-order valence-electron chi connectivity index (χ3n) is 2.84. The van der Waals surface area contributed by atoms with Gasteiger partial charge in [0.2, 0.25) is 0 Å². The normalized spacial score (nSPS) is 27.8. The predicted octanol–water partition coefficient (Wildman–Crippen LogP) is 3.64. The predicted molar refractivity (Wildman–Crippen MR) is 57.1 cm³/mol. The molecule has 0 bridgehead atoms. The molecule has 2 atom stereocenters. The molecule has 0 spiro atoms. The first-order valence-corrected chi connectivity index (χ1v) is 5.46. The molecule has 0 N–H and O–H groups in total. The molecule has 0 aromatic heterocycles. The minimum Gasteiger partial charge on any atom is -0.123 e. The van der Waals surface area contributed by atoms with Crippen LogP contribution in [0.1, 0.15) is 24.8 Å². The molecule has 13 heavy (non-hydrogen) atoms. The van der Waals surface area contributed by atoms with E-state index in [1.165, 1.54) is 31.2 Å². The molecule has 0 heterocycles. The van der Waals surface area contributed by atoms with Crippen LogP contribution in [0.25, 0.3) is 0 Å². The maximum absolute atomic E-state index is 6.07. The summed E-state index contributed by atoms with van der Waals surface area (Å²) in [4.78, 5) is 0. The summed E-state index contributed by atoms with van der Waals surface area (Å²) < 4.78 is 0. The second kappa shape index (κ2) is 4.15. The van der Waals surface area contributed by atoms with E-state index in [1.807, 2.05) is 0 Å². The van der Waals surface area contributed by atoms with E-state index in [-0.39, 0.29) is 0 Å². The Morgan fingerprint density at radius 2 is 1.92 bits per heavy atom. The van der Waals surface area contributed by atoms with Crippen molar-refractivity contribution in [3.8, 4) is 0 Å².